The number of ether oxygens (including phenoxy) is 4. The Morgan fingerprint density at radius 1 is 1.06 bits per heavy atom. The van der Waals surface area contributed by atoms with Gasteiger partial charge in [-0.3, -0.25) is 4.79 Å². The number of carbonyl (C=O) groups is 1. The van der Waals surface area contributed by atoms with Crippen LogP contribution in [0.1, 0.15) is 36.6 Å². The fraction of sp³-hybridized carbons (Fsp3) is 0.308. The van der Waals surface area contributed by atoms with Crippen molar-refractivity contribution in [2.75, 3.05) is 13.6 Å². The normalized spacial score (nSPS) is 14.5. The summed E-state index contributed by atoms with van der Waals surface area (Å²) in [5.74, 6) is 3.00. The number of fused-ring (bicyclic) bond motifs is 7. The summed E-state index contributed by atoms with van der Waals surface area (Å²) in [5.41, 5.74) is 5.87. The van der Waals surface area contributed by atoms with Crippen molar-refractivity contribution in [2.45, 2.75) is 39.7 Å². The Hall–Kier alpha value is -3.25. The molecule has 6 nitrogen and oxygen atoms in total. The Labute approximate surface area is 198 Å². The van der Waals surface area contributed by atoms with E-state index in [0.29, 0.717) is 23.5 Å². The molecule has 0 fully saturated rings. The second-order valence-electron chi connectivity index (χ2n) is 8.46. The maximum Gasteiger partial charge on any atom is 0.231 e. The Bertz CT molecular complexity index is 1350. The van der Waals surface area contributed by atoms with Crippen molar-refractivity contribution in [3.05, 3.63) is 47.7 Å². The maximum atomic E-state index is 13.0. The van der Waals surface area contributed by atoms with E-state index in [1.807, 2.05) is 13.0 Å². The molecule has 0 spiro atoms. The van der Waals surface area contributed by atoms with Crippen molar-refractivity contribution in [1.29, 1.82) is 0 Å². The molecule has 0 bridgehead atoms. The van der Waals surface area contributed by atoms with Crippen molar-refractivity contribution in [2.24, 2.45) is 0 Å². The van der Waals surface area contributed by atoms with Gasteiger partial charge in [-0.2, -0.15) is 4.57 Å². The summed E-state index contributed by atoms with van der Waals surface area (Å²) in [7, 11) is 0. The van der Waals surface area contributed by atoms with Crippen molar-refractivity contribution < 1.29 is 40.7 Å². The van der Waals surface area contributed by atoms with E-state index in [4.69, 9.17) is 18.9 Å². The van der Waals surface area contributed by atoms with Gasteiger partial charge in [0.15, 0.2) is 35.3 Å². The first-order valence-corrected chi connectivity index (χ1v) is 11.0. The molecule has 0 amide bonds. The second kappa shape index (κ2) is 7.96. The Kier molecular flexibility index (Phi) is 5.20. The summed E-state index contributed by atoms with van der Waals surface area (Å²) in [4.78, 5) is 13.0. The fourth-order valence-corrected chi connectivity index (χ4v) is 5.14. The first kappa shape index (κ1) is 21.6. The van der Waals surface area contributed by atoms with Gasteiger partial charge in [0.05, 0.1) is 11.1 Å². The van der Waals surface area contributed by atoms with Crippen molar-refractivity contribution in [1.82, 2.24) is 0 Å². The lowest BCUT2D eigenvalue weighted by Crippen LogP contribution is -3.00. The summed E-state index contributed by atoms with van der Waals surface area (Å²) in [6.45, 7) is 9.54. The van der Waals surface area contributed by atoms with E-state index in [2.05, 4.69) is 36.3 Å². The number of ketones is 1. The predicted molar refractivity (Wildman–Crippen MR) is 119 cm³/mol. The second-order valence-corrected chi connectivity index (χ2v) is 8.46. The molecule has 0 radical (unpaired) electrons. The molecule has 3 aromatic rings. The third kappa shape index (κ3) is 3.08. The summed E-state index contributed by atoms with van der Waals surface area (Å²) in [6, 6.07) is 8.15. The molecular formula is C26H24ClNO5. The highest BCUT2D eigenvalue weighted by Crippen LogP contribution is 2.46. The van der Waals surface area contributed by atoms with Crippen LogP contribution >= 0.6 is 0 Å². The highest BCUT2D eigenvalue weighted by atomic mass is 35.5. The number of hydrogen-bond acceptors (Lipinski definition) is 5. The molecule has 0 unspecified atom stereocenters. The summed E-state index contributed by atoms with van der Waals surface area (Å²) in [5, 5.41) is 1.94. The minimum Gasteiger partial charge on any atom is -1.00 e. The number of carbonyl (C=O) groups excluding carboxylic acids is 1. The van der Waals surface area contributed by atoms with Crippen LogP contribution in [0.3, 0.4) is 0 Å². The number of aromatic nitrogens is 1. The van der Waals surface area contributed by atoms with Gasteiger partial charge >= 0.3 is 0 Å². The molecule has 0 saturated heterocycles. The van der Waals surface area contributed by atoms with Gasteiger partial charge in [-0.05, 0) is 43.2 Å². The summed E-state index contributed by atoms with van der Waals surface area (Å²) < 4.78 is 25.1. The molecule has 4 heterocycles. The minimum absolute atomic E-state index is 0. The van der Waals surface area contributed by atoms with Gasteiger partial charge in [-0.15, -0.1) is 0 Å². The van der Waals surface area contributed by atoms with E-state index in [-0.39, 0.29) is 31.8 Å². The maximum absolute atomic E-state index is 13.0. The van der Waals surface area contributed by atoms with Gasteiger partial charge in [0.25, 0.3) is 0 Å². The van der Waals surface area contributed by atoms with Gasteiger partial charge in [0.1, 0.15) is 5.39 Å². The van der Waals surface area contributed by atoms with Crippen LogP contribution in [0.5, 0.6) is 23.0 Å². The predicted octanol–water partition coefficient (Wildman–Crippen LogP) is 1.50. The number of nitrogens with zero attached hydrogens (tertiary/aromatic N) is 1. The number of benzene rings is 2. The molecular weight excluding hydrogens is 442 g/mol. The van der Waals surface area contributed by atoms with Crippen LogP contribution in [-0.4, -0.2) is 19.4 Å². The Morgan fingerprint density at radius 3 is 2.58 bits per heavy atom. The van der Waals surface area contributed by atoms with E-state index in [0.717, 1.165) is 64.2 Å². The van der Waals surface area contributed by atoms with Crippen LogP contribution in [0, 0.1) is 6.92 Å². The van der Waals surface area contributed by atoms with Crippen molar-refractivity contribution in [3.63, 3.8) is 0 Å². The van der Waals surface area contributed by atoms with E-state index in [9.17, 15) is 4.79 Å². The molecule has 1 aromatic heterocycles. The van der Waals surface area contributed by atoms with Crippen LogP contribution < -0.4 is 35.9 Å². The average molecular weight is 466 g/mol. The first-order chi connectivity index (χ1) is 15.6. The van der Waals surface area contributed by atoms with Crippen LogP contribution in [-0.2, 0) is 17.8 Å². The number of Topliss-reactive ketones (excluding diaryl/α,β-unsaturated/α-hetero) is 1. The first-order valence-electron chi connectivity index (χ1n) is 11.0. The number of halogens is 1. The van der Waals surface area contributed by atoms with Gasteiger partial charge < -0.3 is 31.4 Å². The van der Waals surface area contributed by atoms with Crippen LogP contribution in [0.2, 0.25) is 0 Å². The highest BCUT2D eigenvalue weighted by molar-refractivity contribution is 6.22. The zero-order chi connectivity index (χ0) is 22.0. The fourth-order valence-electron chi connectivity index (χ4n) is 5.14. The number of rotatable bonds is 4. The topological polar surface area (TPSA) is 57.9 Å². The lowest BCUT2D eigenvalue weighted by molar-refractivity contribution is -0.688. The number of hydrogen-bond donors (Lipinski definition) is 0. The SMILES string of the molecule is C=C(C(=O)CCC)c1c2c3c(ccc2c(C)c2[n+]1CCc1cc4c(cc1-2)OCO4)OCO3.[Cl-]. The van der Waals surface area contributed by atoms with Crippen molar-refractivity contribution >= 4 is 22.1 Å². The van der Waals surface area contributed by atoms with E-state index in [1.165, 1.54) is 5.56 Å². The monoisotopic (exact) mass is 465 g/mol. The third-order valence-electron chi connectivity index (χ3n) is 6.63. The molecule has 0 atom stereocenters. The van der Waals surface area contributed by atoms with Gasteiger partial charge in [-0.25, -0.2) is 0 Å². The van der Waals surface area contributed by atoms with Crippen molar-refractivity contribution in [3.8, 4) is 34.3 Å². The molecule has 6 rings (SSSR count). The summed E-state index contributed by atoms with van der Waals surface area (Å²) >= 11 is 0. The van der Waals surface area contributed by atoms with Crippen LogP contribution in [0.15, 0.2) is 30.8 Å². The lowest BCUT2D eigenvalue weighted by Gasteiger charge is -2.22. The van der Waals surface area contributed by atoms with E-state index in [1.54, 1.807) is 0 Å². The van der Waals surface area contributed by atoms with E-state index >= 15 is 0 Å². The molecule has 0 N–H and O–H groups in total. The number of allylic oxidation sites excluding steroid dienone is 1. The minimum atomic E-state index is 0. The Morgan fingerprint density at radius 2 is 1.79 bits per heavy atom. The van der Waals surface area contributed by atoms with Gasteiger partial charge in [0.2, 0.25) is 25.0 Å². The number of aryl methyl sites for hydroxylation is 2. The quantitative estimate of drug-likeness (QED) is 0.432. The smallest absolute Gasteiger partial charge is 0.231 e. The standard InChI is InChI=1S/C26H24NO5.ClH/c1-4-5-19(28)15(3)25-23-17(6-7-20-26(23)32-13-29-20)14(2)24-18-11-22-21(30-12-31-22)10-16(18)8-9-27(24)25;/h6-7,10-11H,3-5,8-9,12-13H2,1-2H3;1H/q+1;/p-1. The molecule has 2 aromatic carbocycles. The average Bonchev–Trinajstić information content (AvgIpc) is 3.46. The highest BCUT2D eigenvalue weighted by Gasteiger charge is 2.37. The molecule has 0 saturated carbocycles. The molecule has 3 aliphatic rings. The van der Waals surface area contributed by atoms with Gasteiger partial charge in [-0.1, -0.05) is 13.5 Å². The number of pyridine rings is 1. The zero-order valence-corrected chi connectivity index (χ0v) is 19.4. The van der Waals surface area contributed by atoms with Gasteiger partial charge in [0, 0.05) is 23.8 Å². The van der Waals surface area contributed by atoms with Crippen LogP contribution in [0.25, 0.3) is 27.6 Å². The molecule has 0 aliphatic carbocycles. The third-order valence-corrected chi connectivity index (χ3v) is 6.63. The largest absolute Gasteiger partial charge is 1.00 e. The molecule has 33 heavy (non-hydrogen) atoms. The summed E-state index contributed by atoms with van der Waals surface area (Å²) in [6.07, 6.45) is 2.06. The van der Waals surface area contributed by atoms with Crippen LogP contribution in [0.4, 0.5) is 0 Å². The van der Waals surface area contributed by atoms with E-state index < -0.39 is 0 Å². The molecule has 170 valence electrons. The zero-order valence-electron chi connectivity index (χ0n) is 18.6. The molecule has 7 heteroatoms. The lowest BCUT2D eigenvalue weighted by atomic mass is 9.88. The molecule has 3 aliphatic heterocycles. The Balaban J connectivity index is 0.00000228.